The van der Waals surface area contributed by atoms with E-state index in [0.29, 0.717) is 29.7 Å². The lowest BCUT2D eigenvalue weighted by Crippen LogP contribution is -2.30. The van der Waals surface area contributed by atoms with Crippen molar-refractivity contribution in [3.8, 4) is 17.0 Å². The van der Waals surface area contributed by atoms with Gasteiger partial charge in [0.2, 0.25) is 5.91 Å². The van der Waals surface area contributed by atoms with Gasteiger partial charge in [-0.2, -0.15) is 19.0 Å². The Labute approximate surface area is 248 Å². The number of piperidine rings is 1. The lowest BCUT2D eigenvalue weighted by atomic mass is 10.1. The summed E-state index contributed by atoms with van der Waals surface area (Å²) in [6, 6.07) is 3.71. The number of rotatable bonds is 8. The number of fused-ring (bicyclic) bond motifs is 1. The zero-order chi connectivity index (χ0) is 30.6. The Kier molecular flexibility index (Phi) is 7.24. The van der Waals surface area contributed by atoms with E-state index in [2.05, 4.69) is 35.3 Å². The summed E-state index contributed by atoms with van der Waals surface area (Å²) in [4.78, 5) is 35.5. The molecule has 4 heterocycles. The molecule has 1 N–H and O–H groups in total. The van der Waals surface area contributed by atoms with Crippen molar-refractivity contribution in [2.45, 2.75) is 39.8 Å². The Morgan fingerprint density at radius 2 is 2.00 bits per heavy atom. The van der Waals surface area contributed by atoms with Gasteiger partial charge >= 0.3 is 6.61 Å². The van der Waals surface area contributed by atoms with Gasteiger partial charge in [-0.3, -0.25) is 19.2 Å². The molecule has 2 aliphatic rings. The molecule has 0 radical (unpaired) electrons. The summed E-state index contributed by atoms with van der Waals surface area (Å²) in [7, 11) is 0. The van der Waals surface area contributed by atoms with E-state index in [0.717, 1.165) is 30.3 Å². The van der Waals surface area contributed by atoms with Gasteiger partial charge in [-0.05, 0) is 56.9 Å². The van der Waals surface area contributed by atoms with Crippen molar-refractivity contribution in [3.05, 3.63) is 70.3 Å². The van der Waals surface area contributed by atoms with Crippen LogP contribution in [0.3, 0.4) is 0 Å². The second kappa shape index (κ2) is 10.9. The minimum atomic E-state index is -3.21. The molecule has 1 saturated heterocycles. The fourth-order valence-electron chi connectivity index (χ4n) is 5.17. The first-order valence-corrected chi connectivity index (χ1v) is 13.7. The Balaban J connectivity index is 1.16. The van der Waals surface area contributed by atoms with Crippen LogP contribution in [0.5, 0.6) is 5.75 Å². The van der Waals surface area contributed by atoms with Crippen LogP contribution in [-0.2, 0) is 4.79 Å². The van der Waals surface area contributed by atoms with E-state index in [1.54, 1.807) is 15.8 Å². The van der Waals surface area contributed by atoms with Crippen molar-refractivity contribution in [1.82, 2.24) is 29.9 Å². The third-order valence-corrected chi connectivity index (χ3v) is 7.82. The molecule has 0 unspecified atom stereocenters. The molecule has 1 saturated carbocycles. The highest BCUT2D eigenvalue weighted by atomic mass is 35.5. The van der Waals surface area contributed by atoms with E-state index in [1.165, 1.54) is 13.1 Å². The molecule has 3 aromatic heterocycles. The number of hydrogen-bond acceptors (Lipinski definition) is 8. The number of benzene rings is 1. The van der Waals surface area contributed by atoms with Gasteiger partial charge in [-0.15, -0.1) is 5.10 Å². The molecule has 43 heavy (non-hydrogen) atoms. The van der Waals surface area contributed by atoms with Crippen LogP contribution in [0.4, 0.5) is 24.7 Å². The first-order valence-electron chi connectivity index (χ1n) is 13.3. The number of hydrogen-bond donors (Lipinski definition) is 1. The normalized spacial score (nSPS) is 18.1. The van der Waals surface area contributed by atoms with E-state index in [-0.39, 0.29) is 40.0 Å². The Morgan fingerprint density at radius 3 is 2.67 bits per heavy atom. The Morgan fingerprint density at radius 1 is 1.21 bits per heavy atom. The molecule has 3 atom stereocenters. The third kappa shape index (κ3) is 5.38. The molecule has 0 spiro atoms. The topological polar surface area (TPSA) is 128 Å². The minimum absolute atomic E-state index is 0.0745. The van der Waals surface area contributed by atoms with Gasteiger partial charge in [0.1, 0.15) is 11.4 Å². The summed E-state index contributed by atoms with van der Waals surface area (Å²) in [6.45, 7) is 2.69. The predicted molar refractivity (Wildman–Crippen MR) is 149 cm³/mol. The monoisotopic (exact) mass is 612 g/mol. The van der Waals surface area contributed by atoms with Gasteiger partial charge in [-0.25, -0.2) is 14.4 Å². The lowest BCUT2D eigenvalue weighted by Gasteiger charge is -2.20. The zero-order valence-electron chi connectivity index (χ0n) is 23.1. The maximum Gasteiger partial charge on any atom is 0.387 e. The molecular weight excluding hydrogens is 589 g/mol. The quantitative estimate of drug-likeness (QED) is 0.295. The van der Waals surface area contributed by atoms with Crippen molar-refractivity contribution in [3.63, 3.8) is 0 Å². The van der Waals surface area contributed by atoms with Crippen molar-refractivity contribution in [2.75, 3.05) is 16.8 Å². The number of ether oxygens (including phenoxy) is 1. The predicted octanol–water partition coefficient (Wildman–Crippen LogP) is 4.99. The zero-order valence-corrected chi connectivity index (χ0v) is 23.8. The summed E-state index contributed by atoms with van der Waals surface area (Å²) in [5, 5.41) is 15.4. The summed E-state index contributed by atoms with van der Waals surface area (Å²) in [6.07, 6.45) is 5.08. The third-order valence-electron chi connectivity index (χ3n) is 7.53. The van der Waals surface area contributed by atoms with Crippen molar-refractivity contribution in [2.24, 2.45) is 11.8 Å². The van der Waals surface area contributed by atoms with Gasteiger partial charge in [-0.1, -0.05) is 11.6 Å². The summed E-state index contributed by atoms with van der Waals surface area (Å²) >= 11 is 5.84. The number of alkyl halides is 2. The smallest absolute Gasteiger partial charge is 0.387 e. The van der Waals surface area contributed by atoms with Crippen LogP contribution in [-0.4, -0.2) is 54.9 Å². The van der Waals surface area contributed by atoms with Crippen LogP contribution >= 0.6 is 11.6 Å². The van der Waals surface area contributed by atoms with E-state index in [4.69, 9.17) is 11.6 Å². The van der Waals surface area contributed by atoms with Gasteiger partial charge in [0.25, 0.3) is 5.91 Å². The SMILES string of the molecule is Cc1cc([C@H](C)n2cc(NC(=O)c3ncc(-c4c(OC(F)F)ccc(Cl)c4F)nc3C)cn2)nnc1N1C[C@H]2C[C@H]2C1=O. The second-order valence-electron chi connectivity index (χ2n) is 10.5. The van der Waals surface area contributed by atoms with Crippen molar-refractivity contribution >= 4 is 34.9 Å². The summed E-state index contributed by atoms with van der Waals surface area (Å²) < 4.78 is 46.5. The summed E-state index contributed by atoms with van der Waals surface area (Å²) in [5.74, 6) is -0.886. The van der Waals surface area contributed by atoms with Crippen LogP contribution in [0.1, 0.15) is 46.8 Å². The minimum Gasteiger partial charge on any atom is -0.434 e. The average molecular weight is 613 g/mol. The molecule has 222 valence electrons. The molecule has 4 aromatic rings. The molecule has 11 nitrogen and oxygen atoms in total. The maximum atomic E-state index is 14.8. The number of anilines is 2. The Bertz CT molecular complexity index is 1770. The summed E-state index contributed by atoms with van der Waals surface area (Å²) in [5.41, 5.74) is 1.31. The van der Waals surface area contributed by atoms with Crippen molar-refractivity contribution < 1.29 is 27.5 Å². The van der Waals surface area contributed by atoms with Crippen LogP contribution in [0.25, 0.3) is 11.3 Å². The number of nitrogens with zero attached hydrogens (tertiary/aromatic N) is 7. The van der Waals surface area contributed by atoms with E-state index in [9.17, 15) is 22.8 Å². The van der Waals surface area contributed by atoms with E-state index in [1.807, 2.05) is 19.9 Å². The number of halogens is 4. The number of carbonyl (C=O) groups excluding carboxylic acids is 2. The number of amides is 2. The molecule has 1 aliphatic carbocycles. The van der Waals surface area contributed by atoms with Crippen LogP contribution in [0, 0.1) is 31.5 Å². The Hall–Kier alpha value is -4.59. The number of nitrogens with one attached hydrogen (secondary N) is 1. The molecule has 0 bridgehead atoms. The highest BCUT2D eigenvalue weighted by molar-refractivity contribution is 6.31. The second-order valence-corrected chi connectivity index (χ2v) is 10.9. The lowest BCUT2D eigenvalue weighted by molar-refractivity contribution is -0.118. The molecule has 1 aliphatic heterocycles. The van der Waals surface area contributed by atoms with Crippen LogP contribution < -0.4 is 15.0 Å². The number of aryl methyl sites for hydroxylation is 2. The maximum absolute atomic E-state index is 14.8. The van der Waals surface area contributed by atoms with Gasteiger partial charge < -0.3 is 10.1 Å². The standard InChI is InChI=1S/C28H24ClF3N8O3/c1-12-6-19(37-38-25(12)39-10-15-7-17(15)27(39)42)14(3)40-11-16(8-34-40)36-26(41)24-13(2)35-20(9-33-24)22-21(43-28(31)32)5-4-18(29)23(22)30/h4-6,8-9,11,14-15,17,28H,7,10H2,1-3H3,(H,36,41)/t14-,15+,17+/m0/s1. The fourth-order valence-corrected chi connectivity index (χ4v) is 5.33. The fraction of sp³-hybridized carbons (Fsp3) is 0.321. The highest BCUT2D eigenvalue weighted by Crippen LogP contribution is 2.47. The van der Waals surface area contributed by atoms with Crippen LogP contribution in [0.2, 0.25) is 5.02 Å². The largest absolute Gasteiger partial charge is 0.434 e. The van der Waals surface area contributed by atoms with Gasteiger partial charge in [0.15, 0.2) is 11.6 Å². The molecular formula is C28H24ClF3N8O3. The molecule has 1 aromatic carbocycles. The first-order chi connectivity index (χ1) is 20.5. The molecule has 6 rings (SSSR count). The van der Waals surface area contributed by atoms with Gasteiger partial charge in [0.05, 0.1) is 51.8 Å². The first kappa shape index (κ1) is 28.5. The average Bonchev–Trinajstić information content (AvgIpc) is 3.46. The molecule has 2 fully saturated rings. The van der Waals surface area contributed by atoms with Crippen molar-refractivity contribution in [1.29, 1.82) is 0 Å². The molecule has 2 amide bonds. The molecule has 15 heteroatoms. The van der Waals surface area contributed by atoms with Crippen LogP contribution in [0.15, 0.2) is 36.8 Å². The van der Waals surface area contributed by atoms with Gasteiger partial charge in [0, 0.05) is 18.7 Å². The van der Waals surface area contributed by atoms with E-state index >= 15 is 0 Å². The highest BCUT2D eigenvalue weighted by Gasteiger charge is 2.53. The van der Waals surface area contributed by atoms with E-state index < -0.39 is 29.6 Å². The number of carbonyl (C=O) groups is 2. The number of aromatic nitrogens is 6.